The first-order chi connectivity index (χ1) is 7.69. The zero-order valence-corrected chi connectivity index (χ0v) is 8.70. The monoisotopic (exact) mass is 227 g/mol. The van der Waals surface area contributed by atoms with Gasteiger partial charge >= 0.3 is 0 Å². The number of aliphatic hydroxyl groups excluding tert-OH is 1. The summed E-state index contributed by atoms with van der Waals surface area (Å²) in [6.07, 6.45) is 2.94. The minimum absolute atomic E-state index is 0.0997. The molecule has 16 heavy (non-hydrogen) atoms. The van der Waals surface area contributed by atoms with Crippen LogP contribution in [-0.4, -0.2) is 28.2 Å². The first-order valence-electron chi connectivity index (χ1n) is 5.03. The molecule has 1 aromatic heterocycles. The predicted molar refractivity (Wildman–Crippen MR) is 57.0 cm³/mol. The zero-order valence-electron chi connectivity index (χ0n) is 8.70. The topological polar surface area (TPSA) is 96.1 Å². The van der Waals surface area contributed by atoms with Crippen molar-refractivity contribution in [1.82, 2.24) is 9.97 Å². The van der Waals surface area contributed by atoms with Crippen LogP contribution >= 0.6 is 0 Å². The average molecular weight is 227 g/mol. The first-order valence-corrected chi connectivity index (χ1v) is 5.03. The van der Waals surface area contributed by atoms with Crippen LogP contribution in [0.4, 0.5) is 16.2 Å². The maximum absolute atomic E-state index is 13.3. The fourth-order valence-electron chi connectivity index (χ4n) is 1.40. The highest BCUT2D eigenvalue weighted by molar-refractivity contribution is 5.41. The van der Waals surface area contributed by atoms with Crippen LogP contribution in [-0.2, 0) is 0 Å². The SMILES string of the molecule is NNc1ncc(F)c(NCC2(CO)CC2)n1. The van der Waals surface area contributed by atoms with Crippen LogP contribution in [0.3, 0.4) is 0 Å². The van der Waals surface area contributed by atoms with Crippen molar-refractivity contribution in [2.75, 3.05) is 23.9 Å². The molecule has 0 saturated heterocycles. The van der Waals surface area contributed by atoms with Gasteiger partial charge < -0.3 is 10.4 Å². The van der Waals surface area contributed by atoms with Gasteiger partial charge in [0.15, 0.2) is 11.6 Å². The highest BCUT2D eigenvalue weighted by atomic mass is 19.1. The smallest absolute Gasteiger partial charge is 0.239 e. The van der Waals surface area contributed by atoms with Gasteiger partial charge in [-0.3, -0.25) is 5.43 Å². The van der Waals surface area contributed by atoms with E-state index < -0.39 is 5.82 Å². The van der Waals surface area contributed by atoms with Gasteiger partial charge in [-0.25, -0.2) is 15.2 Å². The van der Waals surface area contributed by atoms with E-state index in [1.165, 1.54) is 0 Å². The molecule has 2 rings (SSSR count). The number of halogens is 1. The van der Waals surface area contributed by atoms with Crippen LogP contribution in [0.2, 0.25) is 0 Å². The van der Waals surface area contributed by atoms with Gasteiger partial charge in [0.2, 0.25) is 5.95 Å². The number of nitrogens with two attached hydrogens (primary N) is 1. The second-order valence-electron chi connectivity index (χ2n) is 4.05. The summed E-state index contributed by atoms with van der Waals surface area (Å²) in [5.41, 5.74) is 2.14. The van der Waals surface area contributed by atoms with E-state index in [-0.39, 0.29) is 23.8 Å². The summed E-state index contributed by atoms with van der Waals surface area (Å²) in [7, 11) is 0. The highest BCUT2D eigenvalue weighted by Gasteiger charge is 2.41. The third-order valence-electron chi connectivity index (χ3n) is 2.80. The van der Waals surface area contributed by atoms with E-state index in [1.54, 1.807) is 0 Å². The number of nitrogens with one attached hydrogen (secondary N) is 2. The quantitative estimate of drug-likeness (QED) is 0.420. The Kier molecular flexibility index (Phi) is 2.88. The lowest BCUT2D eigenvalue weighted by atomic mass is 10.1. The van der Waals surface area contributed by atoms with Crippen LogP contribution in [0.25, 0.3) is 0 Å². The molecule has 1 aliphatic carbocycles. The number of aliphatic hydroxyl groups is 1. The number of hydrazine groups is 1. The molecule has 0 aromatic carbocycles. The van der Waals surface area contributed by atoms with Crippen LogP contribution < -0.4 is 16.6 Å². The van der Waals surface area contributed by atoms with E-state index in [4.69, 9.17) is 10.9 Å². The molecule has 1 fully saturated rings. The zero-order chi connectivity index (χ0) is 11.6. The fraction of sp³-hybridized carbons (Fsp3) is 0.556. The van der Waals surface area contributed by atoms with E-state index in [9.17, 15) is 4.39 Å². The van der Waals surface area contributed by atoms with E-state index in [0.29, 0.717) is 6.54 Å². The van der Waals surface area contributed by atoms with Crippen molar-refractivity contribution < 1.29 is 9.50 Å². The molecule has 1 aliphatic rings. The molecule has 0 aliphatic heterocycles. The third kappa shape index (κ3) is 2.20. The van der Waals surface area contributed by atoms with Crippen molar-refractivity contribution in [2.24, 2.45) is 11.3 Å². The van der Waals surface area contributed by atoms with Gasteiger partial charge in [0, 0.05) is 12.0 Å². The van der Waals surface area contributed by atoms with Gasteiger partial charge in [-0.1, -0.05) is 0 Å². The Bertz CT molecular complexity index is 382. The number of nitrogens with zero attached hydrogens (tertiary/aromatic N) is 2. The maximum Gasteiger partial charge on any atom is 0.239 e. The van der Waals surface area contributed by atoms with Gasteiger partial charge in [0.25, 0.3) is 0 Å². The van der Waals surface area contributed by atoms with E-state index in [2.05, 4.69) is 20.7 Å². The lowest BCUT2D eigenvalue weighted by Crippen LogP contribution is -2.21. The standard InChI is InChI=1S/C9H14FN5O/c10-6-3-12-8(15-11)14-7(6)13-4-9(5-16)1-2-9/h3,16H,1-2,4-5,11H2,(H2,12,13,14,15). The number of hydrogen-bond acceptors (Lipinski definition) is 6. The second kappa shape index (κ2) is 4.18. The van der Waals surface area contributed by atoms with Crippen molar-refractivity contribution in [3.63, 3.8) is 0 Å². The molecule has 88 valence electrons. The number of hydrogen-bond donors (Lipinski definition) is 4. The largest absolute Gasteiger partial charge is 0.396 e. The van der Waals surface area contributed by atoms with Gasteiger partial charge in [0.05, 0.1) is 12.8 Å². The lowest BCUT2D eigenvalue weighted by Gasteiger charge is -2.13. The molecule has 7 heteroatoms. The molecule has 1 heterocycles. The Morgan fingerprint density at radius 1 is 1.56 bits per heavy atom. The van der Waals surface area contributed by atoms with Gasteiger partial charge in [-0.2, -0.15) is 4.98 Å². The Morgan fingerprint density at radius 2 is 2.31 bits per heavy atom. The summed E-state index contributed by atoms with van der Waals surface area (Å²) in [6.45, 7) is 0.607. The number of anilines is 2. The number of rotatable bonds is 5. The molecule has 0 spiro atoms. The molecule has 0 bridgehead atoms. The summed E-state index contributed by atoms with van der Waals surface area (Å²) < 4.78 is 13.3. The summed E-state index contributed by atoms with van der Waals surface area (Å²) in [5.74, 6) is 4.84. The molecule has 0 atom stereocenters. The first kappa shape index (κ1) is 11.0. The Hall–Kier alpha value is -1.47. The molecule has 6 nitrogen and oxygen atoms in total. The summed E-state index contributed by atoms with van der Waals surface area (Å²) in [5, 5.41) is 12.0. The molecule has 0 amide bonds. The van der Waals surface area contributed by atoms with Crippen molar-refractivity contribution in [2.45, 2.75) is 12.8 Å². The number of aromatic nitrogens is 2. The van der Waals surface area contributed by atoms with E-state index >= 15 is 0 Å². The molecule has 0 radical (unpaired) electrons. The van der Waals surface area contributed by atoms with Gasteiger partial charge in [-0.15, -0.1) is 0 Å². The molecule has 0 unspecified atom stereocenters. The van der Waals surface area contributed by atoms with Crippen LogP contribution in [0.1, 0.15) is 12.8 Å². The van der Waals surface area contributed by atoms with Crippen LogP contribution in [0, 0.1) is 11.2 Å². The van der Waals surface area contributed by atoms with Crippen LogP contribution in [0.15, 0.2) is 6.20 Å². The minimum atomic E-state index is -0.535. The van der Waals surface area contributed by atoms with E-state index in [0.717, 1.165) is 19.0 Å². The lowest BCUT2D eigenvalue weighted by molar-refractivity contribution is 0.219. The summed E-state index contributed by atoms with van der Waals surface area (Å²) in [4.78, 5) is 7.47. The van der Waals surface area contributed by atoms with Gasteiger partial charge in [-0.05, 0) is 12.8 Å². The van der Waals surface area contributed by atoms with Gasteiger partial charge in [0.1, 0.15) is 0 Å². The summed E-state index contributed by atoms with van der Waals surface area (Å²) >= 11 is 0. The fourth-order valence-corrected chi connectivity index (χ4v) is 1.40. The van der Waals surface area contributed by atoms with Crippen molar-refractivity contribution in [1.29, 1.82) is 0 Å². The average Bonchev–Trinajstić information content (AvgIpc) is 3.09. The minimum Gasteiger partial charge on any atom is -0.396 e. The molecule has 5 N–H and O–H groups in total. The van der Waals surface area contributed by atoms with E-state index in [1.807, 2.05) is 0 Å². The number of nitrogen functional groups attached to an aromatic ring is 1. The molecule has 1 saturated carbocycles. The molecule has 1 aromatic rings. The molecular formula is C9H14FN5O. The molecular weight excluding hydrogens is 213 g/mol. The Balaban J connectivity index is 2.03. The predicted octanol–water partition coefficient (Wildman–Crippen LogP) is 0.0857. The van der Waals surface area contributed by atoms with Crippen molar-refractivity contribution in [3.05, 3.63) is 12.0 Å². The second-order valence-corrected chi connectivity index (χ2v) is 4.05. The van der Waals surface area contributed by atoms with Crippen molar-refractivity contribution in [3.8, 4) is 0 Å². The van der Waals surface area contributed by atoms with Crippen molar-refractivity contribution >= 4 is 11.8 Å². The normalized spacial score (nSPS) is 16.9. The Morgan fingerprint density at radius 3 is 2.88 bits per heavy atom. The highest BCUT2D eigenvalue weighted by Crippen LogP contribution is 2.44. The summed E-state index contributed by atoms with van der Waals surface area (Å²) in [6, 6.07) is 0. The Labute approximate surface area is 92.1 Å². The third-order valence-corrected chi connectivity index (χ3v) is 2.80. The van der Waals surface area contributed by atoms with Crippen LogP contribution in [0.5, 0.6) is 0 Å². The maximum atomic E-state index is 13.3.